The van der Waals surface area contributed by atoms with Crippen molar-refractivity contribution in [3.63, 3.8) is 0 Å². The maximum Gasteiger partial charge on any atom is 0.213 e. The molecule has 0 unspecified atom stereocenters. The van der Waals surface area contributed by atoms with Crippen LogP contribution in [-0.4, -0.2) is 17.4 Å². The van der Waals surface area contributed by atoms with Crippen molar-refractivity contribution in [1.82, 2.24) is 10.3 Å². The first-order valence-corrected chi connectivity index (χ1v) is 5.27. The Labute approximate surface area is 122 Å². The van der Waals surface area contributed by atoms with Crippen molar-refractivity contribution < 1.29 is 37.5 Å². The van der Waals surface area contributed by atoms with Gasteiger partial charge in [0, 0.05) is 44.9 Å². The van der Waals surface area contributed by atoms with E-state index in [9.17, 15) is 4.79 Å². The van der Waals surface area contributed by atoms with Crippen molar-refractivity contribution in [2.75, 3.05) is 6.54 Å². The molecule has 1 amide bonds. The van der Waals surface area contributed by atoms with Gasteiger partial charge in [-0.05, 0) is 6.92 Å². The maximum absolute atomic E-state index is 11.7. The molecule has 3 nitrogen and oxygen atoms in total. The second-order valence-electron chi connectivity index (χ2n) is 3.49. The SMILES string of the molecule is CCNC(=O)c1nc(C)c(C)[c-]c1CC.[Y]. The van der Waals surface area contributed by atoms with E-state index in [0.717, 1.165) is 23.2 Å². The number of amides is 1. The standard InChI is InChI=1S/C12H17N2O.Y/c1-5-10-7-8(3)9(4)14-11(10)12(15)13-6-2;/h5-6H2,1-4H3,(H,13,15);/q-1;. The Morgan fingerprint density at radius 2 is 2.00 bits per heavy atom. The number of aryl methyl sites for hydroxylation is 3. The van der Waals surface area contributed by atoms with Crippen molar-refractivity contribution >= 4 is 5.91 Å². The van der Waals surface area contributed by atoms with Crippen LogP contribution in [0.15, 0.2) is 0 Å². The van der Waals surface area contributed by atoms with E-state index >= 15 is 0 Å². The summed E-state index contributed by atoms with van der Waals surface area (Å²) in [5.41, 5.74) is 3.29. The predicted octanol–water partition coefficient (Wildman–Crippen LogP) is 1.81. The Bertz CT molecular complexity index is 378. The van der Waals surface area contributed by atoms with Gasteiger partial charge in [0.15, 0.2) is 0 Å². The van der Waals surface area contributed by atoms with Gasteiger partial charge in [-0.2, -0.15) is 6.07 Å². The first-order chi connectivity index (χ1) is 7.10. The summed E-state index contributed by atoms with van der Waals surface area (Å²) < 4.78 is 0. The molecule has 0 aliphatic heterocycles. The molecule has 0 aliphatic rings. The summed E-state index contributed by atoms with van der Waals surface area (Å²) in [4.78, 5) is 16.0. The zero-order chi connectivity index (χ0) is 11.4. The zero-order valence-corrected chi connectivity index (χ0v) is 13.2. The molecule has 1 rings (SSSR count). The van der Waals surface area contributed by atoms with Crippen LogP contribution in [0.2, 0.25) is 0 Å². The summed E-state index contributed by atoms with van der Waals surface area (Å²) in [5.74, 6) is -0.103. The van der Waals surface area contributed by atoms with E-state index in [1.165, 1.54) is 0 Å². The van der Waals surface area contributed by atoms with Gasteiger partial charge in [0.1, 0.15) is 0 Å². The van der Waals surface area contributed by atoms with Crippen LogP contribution in [-0.2, 0) is 39.1 Å². The molecular weight excluding hydrogens is 277 g/mol. The van der Waals surface area contributed by atoms with E-state index in [1.54, 1.807) is 0 Å². The Morgan fingerprint density at radius 1 is 1.38 bits per heavy atom. The molecule has 85 valence electrons. The molecule has 0 saturated carbocycles. The number of hydrogen-bond donors (Lipinski definition) is 1. The van der Waals surface area contributed by atoms with Crippen molar-refractivity contribution in [1.29, 1.82) is 0 Å². The fourth-order valence-electron chi connectivity index (χ4n) is 1.38. The van der Waals surface area contributed by atoms with E-state index in [1.807, 2.05) is 27.7 Å². The normalized spacial score (nSPS) is 9.50. The predicted molar refractivity (Wildman–Crippen MR) is 59.9 cm³/mol. The minimum Gasteiger partial charge on any atom is -0.374 e. The van der Waals surface area contributed by atoms with Crippen molar-refractivity contribution in [2.24, 2.45) is 0 Å². The average Bonchev–Trinajstić information content (AvgIpc) is 2.21. The zero-order valence-electron chi connectivity index (χ0n) is 10.3. The van der Waals surface area contributed by atoms with Crippen LogP contribution in [0.25, 0.3) is 0 Å². The quantitative estimate of drug-likeness (QED) is 0.864. The molecule has 1 aromatic heterocycles. The van der Waals surface area contributed by atoms with E-state index in [2.05, 4.69) is 16.4 Å². The minimum atomic E-state index is -0.103. The average molecular weight is 294 g/mol. The number of rotatable bonds is 3. The molecule has 0 atom stereocenters. The van der Waals surface area contributed by atoms with Gasteiger partial charge in [-0.3, -0.25) is 4.79 Å². The third kappa shape index (κ3) is 3.63. The molecule has 1 radical (unpaired) electrons. The van der Waals surface area contributed by atoms with Crippen LogP contribution in [0.4, 0.5) is 0 Å². The Hall–Kier alpha value is -0.276. The fourth-order valence-corrected chi connectivity index (χ4v) is 1.38. The molecular formula is C12H17N2OY-. The largest absolute Gasteiger partial charge is 0.374 e. The number of aromatic nitrogens is 1. The van der Waals surface area contributed by atoms with E-state index in [0.29, 0.717) is 12.2 Å². The van der Waals surface area contributed by atoms with Crippen molar-refractivity contribution in [3.05, 3.63) is 28.6 Å². The van der Waals surface area contributed by atoms with E-state index in [4.69, 9.17) is 0 Å². The molecule has 0 fully saturated rings. The number of carbonyl (C=O) groups excluding carboxylic acids is 1. The number of hydrogen-bond acceptors (Lipinski definition) is 2. The molecule has 16 heavy (non-hydrogen) atoms. The maximum atomic E-state index is 11.7. The van der Waals surface area contributed by atoms with Crippen molar-refractivity contribution in [2.45, 2.75) is 34.1 Å². The molecule has 1 N–H and O–H groups in total. The smallest absolute Gasteiger partial charge is 0.213 e. The summed E-state index contributed by atoms with van der Waals surface area (Å²) in [6.45, 7) is 8.38. The summed E-state index contributed by atoms with van der Waals surface area (Å²) in [5, 5.41) is 2.76. The van der Waals surface area contributed by atoms with E-state index in [-0.39, 0.29) is 38.6 Å². The molecule has 0 bridgehead atoms. The minimum absolute atomic E-state index is 0. The summed E-state index contributed by atoms with van der Waals surface area (Å²) >= 11 is 0. The van der Waals surface area contributed by atoms with Crippen LogP contribution >= 0.6 is 0 Å². The van der Waals surface area contributed by atoms with Gasteiger partial charge in [-0.25, -0.2) is 0 Å². The molecule has 1 aromatic rings. The molecule has 0 saturated heterocycles. The summed E-state index contributed by atoms with van der Waals surface area (Å²) in [6.07, 6.45) is 0.778. The number of carbonyl (C=O) groups is 1. The monoisotopic (exact) mass is 294 g/mol. The van der Waals surface area contributed by atoms with Crippen LogP contribution in [0.1, 0.15) is 41.2 Å². The van der Waals surface area contributed by atoms with Crippen LogP contribution in [0.5, 0.6) is 0 Å². The van der Waals surface area contributed by atoms with Crippen molar-refractivity contribution in [3.8, 4) is 0 Å². The number of nitrogens with one attached hydrogen (secondary N) is 1. The van der Waals surface area contributed by atoms with Gasteiger partial charge in [0.25, 0.3) is 0 Å². The molecule has 0 aliphatic carbocycles. The Balaban J connectivity index is 0.00000225. The third-order valence-corrected chi connectivity index (χ3v) is 2.35. The number of nitrogens with zero attached hydrogens (tertiary/aromatic N) is 1. The molecule has 0 spiro atoms. The van der Waals surface area contributed by atoms with Crippen LogP contribution in [0, 0.1) is 19.9 Å². The fraction of sp³-hybridized carbons (Fsp3) is 0.500. The first-order valence-electron chi connectivity index (χ1n) is 5.27. The van der Waals surface area contributed by atoms with Gasteiger partial charge >= 0.3 is 0 Å². The van der Waals surface area contributed by atoms with Gasteiger partial charge in [-0.1, -0.05) is 32.9 Å². The topological polar surface area (TPSA) is 42.0 Å². The van der Waals surface area contributed by atoms with Crippen LogP contribution < -0.4 is 5.32 Å². The molecule has 0 aromatic carbocycles. The molecule has 1 heterocycles. The Morgan fingerprint density at radius 3 is 2.50 bits per heavy atom. The molecule has 4 heteroatoms. The second kappa shape index (κ2) is 7.13. The van der Waals surface area contributed by atoms with Gasteiger partial charge in [-0.15, -0.1) is 11.1 Å². The summed E-state index contributed by atoms with van der Waals surface area (Å²) in [6, 6.07) is 3.21. The van der Waals surface area contributed by atoms with Gasteiger partial charge in [0.2, 0.25) is 5.91 Å². The van der Waals surface area contributed by atoms with E-state index < -0.39 is 0 Å². The van der Waals surface area contributed by atoms with Crippen LogP contribution in [0.3, 0.4) is 0 Å². The summed E-state index contributed by atoms with van der Waals surface area (Å²) in [7, 11) is 0. The Kier molecular flexibility index (Phi) is 7.01. The van der Waals surface area contributed by atoms with Gasteiger partial charge < -0.3 is 10.3 Å². The third-order valence-electron chi connectivity index (χ3n) is 2.35. The number of pyridine rings is 1. The second-order valence-corrected chi connectivity index (χ2v) is 3.49. The van der Waals surface area contributed by atoms with Gasteiger partial charge in [0.05, 0.1) is 0 Å². The first kappa shape index (κ1) is 15.7.